The second-order valence-corrected chi connectivity index (χ2v) is 4.83. The Hall–Kier alpha value is -1.19. The van der Waals surface area contributed by atoms with Gasteiger partial charge in [-0.3, -0.25) is 10.1 Å². The Balaban J connectivity index is 2.18. The average molecular weight is 232 g/mol. The van der Waals surface area contributed by atoms with Gasteiger partial charge in [0.05, 0.1) is 12.1 Å². The summed E-state index contributed by atoms with van der Waals surface area (Å²) in [4.78, 5) is 12.3. The minimum absolute atomic E-state index is 0.115. The van der Waals surface area contributed by atoms with E-state index in [-0.39, 0.29) is 23.8 Å². The van der Waals surface area contributed by atoms with Crippen LogP contribution in [-0.2, 0) is 11.3 Å². The van der Waals surface area contributed by atoms with Crippen molar-refractivity contribution in [2.45, 2.75) is 38.9 Å². The molecule has 1 unspecified atom stereocenters. The first-order chi connectivity index (χ1) is 8.15. The largest absolute Gasteiger partial charge is 0.321 e. The molecule has 3 atom stereocenters. The van der Waals surface area contributed by atoms with Crippen molar-refractivity contribution in [1.29, 1.82) is 0 Å². The Bertz CT molecular complexity index is 416. The summed E-state index contributed by atoms with van der Waals surface area (Å²) >= 11 is 0. The number of carbonyl (C=O) groups excluding carboxylic acids is 1. The smallest absolute Gasteiger partial charge is 0.171 e. The fourth-order valence-corrected chi connectivity index (χ4v) is 2.28. The first-order valence-electron chi connectivity index (χ1n) is 6.25. The maximum atomic E-state index is 12.3. The summed E-state index contributed by atoms with van der Waals surface area (Å²) in [6, 6.07) is 7.47. The number of fused-ring (bicyclic) bond motifs is 1. The highest BCUT2D eigenvalue weighted by atomic mass is 16.1. The van der Waals surface area contributed by atoms with Gasteiger partial charge in [-0.1, -0.05) is 44.5 Å². The lowest BCUT2D eigenvalue weighted by atomic mass is 9.90. The lowest BCUT2D eigenvalue weighted by Crippen LogP contribution is -2.42. The van der Waals surface area contributed by atoms with Crippen molar-refractivity contribution in [3.63, 3.8) is 0 Å². The Labute approximate surface area is 102 Å². The maximum absolute atomic E-state index is 12.3. The van der Waals surface area contributed by atoms with Gasteiger partial charge in [-0.2, -0.15) is 0 Å². The van der Waals surface area contributed by atoms with E-state index >= 15 is 0 Å². The van der Waals surface area contributed by atoms with Crippen molar-refractivity contribution in [2.75, 3.05) is 0 Å². The van der Waals surface area contributed by atoms with Crippen LogP contribution in [0.1, 0.15) is 37.4 Å². The SMILES string of the molecule is CC[C@@H](C)[C@H](N)C(=O)C1NCc2ccccc21. The molecular formula is C14H20N2O. The van der Waals surface area contributed by atoms with Crippen LogP contribution in [0.5, 0.6) is 0 Å². The minimum Gasteiger partial charge on any atom is -0.321 e. The Morgan fingerprint density at radius 2 is 2.24 bits per heavy atom. The molecule has 1 aromatic carbocycles. The molecule has 0 aliphatic carbocycles. The molecule has 0 bridgehead atoms. The van der Waals surface area contributed by atoms with Crippen LogP contribution in [0.25, 0.3) is 0 Å². The van der Waals surface area contributed by atoms with E-state index in [1.807, 2.05) is 25.1 Å². The molecule has 17 heavy (non-hydrogen) atoms. The van der Waals surface area contributed by atoms with E-state index in [9.17, 15) is 4.79 Å². The topological polar surface area (TPSA) is 55.1 Å². The highest BCUT2D eigenvalue weighted by Crippen LogP contribution is 2.27. The minimum atomic E-state index is -0.372. The monoisotopic (exact) mass is 232 g/mol. The van der Waals surface area contributed by atoms with E-state index in [2.05, 4.69) is 18.3 Å². The lowest BCUT2D eigenvalue weighted by Gasteiger charge is -2.21. The van der Waals surface area contributed by atoms with Gasteiger partial charge in [0.2, 0.25) is 0 Å². The zero-order chi connectivity index (χ0) is 12.4. The molecular weight excluding hydrogens is 212 g/mol. The van der Waals surface area contributed by atoms with Crippen LogP contribution in [-0.4, -0.2) is 11.8 Å². The number of carbonyl (C=O) groups is 1. The number of nitrogens with two attached hydrogens (primary N) is 1. The molecule has 1 aliphatic heterocycles. The Morgan fingerprint density at radius 1 is 1.53 bits per heavy atom. The standard InChI is InChI=1S/C14H20N2O/c1-3-9(2)12(15)14(17)13-11-7-5-4-6-10(11)8-16-13/h4-7,9,12-13,16H,3,8,15H2,1-2H3/t9-,12+,13?/m1/s1. The summed E-state index contributed by atoms with van der Waals surface area (Å²) in [5.74, 6) is 0.348. The van der Waals surface area contributed by atoms with E-state index in [4.69, 9.17) is 5.73 Å². The van der Waals surface area contributed by atoms with Crippen molar-refractivity contribution < 1.29 is 4.79 Å². The quantitative estimate of drug-likeness (QED) is 0.832. The van der Waals surface area contributed by atoms with E-state index < -0.39 is 0 Å². The van der Waals surface area contributed by atoms with Crippen LogP contribution in [0, 0.1) is 5.92 Å². The first-order valence-corrected chi connectivity index (χ1v) is 6.25. The summed E-state index contributed by atoms with van der Waals surface area (Å²) in [5.41, 5.74) is 8.32. The first kappa shape index (κ1) is 12.3. The number of rotatable bonds is 4. The van der Waals surface area contributed by atoms with E-state index in [0.29, 0.717) is 0 Å². The Kier molecular flexibility index (Phi) is 3.60. The molecule has 0 saturated heterocycles. The van der Waals surface area contributed by atoms with Gasteiger partial charge in [0.25, 0.3) is 0 Å². The third-order valence-electron chi connectivity index (χ3n) is 3.73. The van der Waals surface area contributed by atoms with Crippen molar-refractivity contribution in [3.8, 4) is 0 Å². The van der Waals surface area contributed by atoms with Crippen LogP contribution in [0.15, 0.2) is 24.3 Å². The molecule has 1 heterocycles. The van der Waals surface area contributed by atoms with Gasteiger partial charge in [0.15, 0.2) is 5.78 Å². The number of benzene rings is 1. The molecule has 0 aromatic heterocycles. The highest BCUT2D eigenvalue weighted by Gasteiger charge is 2.32. The van der Waals surface area contributed by atoms with E-state index in [1.165, 1.54) is 5.56 Å². The van der Waals surface area contributed by atoms with Crippen LogP contribution in [0.3, 0.4) is 0 Å². The van der Waals surface area contributed by atoms with Crippen molar-refractivity contribution >= 4 is 5.78 Å². The second kappa shape index (κ2) is 4.98. The number of hydrogen-bond acceptors (Lipinski definition) is 3. The van der Waals surface area contributed by atoms with Gasteiger partial charge in [0.1, 0.15) is 0 Å². The van der Waals surface area contributed by atoms with Crippen molar-refractivity contribution in [3.05, 3.63) is 35.4 Å². The van der Waals surface area contributed by atoms with Gasteiger partial charge in [-0.15, -0.1) is 0 Å². The zero-order valence-corrected chi connectivity index (χ0v) is 10.4. The molecule has 3 heteroatoms. The average Bonchev–Trinajstić information content (AvgIpc) is 2.79. The number of hydrogen-bond donors (Lipinski definition) is 2. The summed E-state index contributed by atoms with van der Waals surface area (Å²) in [7, 11) is 0. The maximum Gasteiger partial charge on any atom is 0.171 e. The Morgan fingerprint density at radius 3 is 2.94 bits per heavy atom. The van der Waals surface area contributed by atoms with Gasteiger partial charge in [0, 0.05) is 6.54 Å². The summed E-state index contributed by atoms with van der Waals surface area (Å²) in [6.07, 6.45) is 0.932. The fraction of sp³-hybridized carbons (Fsp3) is 0.500. The molecule has 1 aromatic rings. The molecule has 0 saturated carbocycles. The predicted molar refractivity (Wildman–Crippen MR) is 68.5 cm³/mol. The van der Waals surface area contributed by atoms with Crippen LogP contribution in [0.2, 0.25) is 0 Å². The van der Waals surface area contributed by atoms with E-state index in [0.717, 1.165) is 18.5 Å². The molecule has 0 fully saturated rings. The molecule has 3 nitrogen and oxygen atoms in total. The number of ketones is 1. The number of nitrogens with one attached hydrogen (secondary N) is 1. The third-order valence-corrected chi connectivity index (χ3v) is 3.73. The molecule has 0 spiro atoms. The molecule has 0 radical (unpaired) electrons. The summed E-state index contributed by atoms with van der Waals surface area (Å²) in [6.45, 7) is 4.86. The van der Waals surface area contributed by atoms with Crippen molar-refractivity contribution in [1.82, 2.24) is 5.32 Å². The second-order valence-electron chi connectivity index (χ2n) is 4.83. The molecule has 0 amide bonds. The van der Waals surface area contributed by atoms with Gasteiger partial charge in [-0.25, -0.2) is 0 Å². The van der Waals surface area contributed by atoms with Crippen LogP contribution >= 0.6 is 0 Å². The summed E-state index contributed by atoms with van der Waals surface area (Å²) < 4.78 is 0. The zero-order valence-electron chi connectivity index (χ0n) is 10.4. The predicted octanol–water partition coefficient (Wildman–Crippen LogP) is 1.77. The molecule has 3 N–H and O–H groups in total. The van der Waals surface area contributed by atoms with Crippen LogP contribution < -0.4 is 11.1 Å². The lowest BCUT2D eigenvalue weighted by molar-refractivity contribution is -0.123. The van der Waals surface area contributed by atoms with Gasteiger partial charge >= 0.3 is 0 Å². The van der Waals surface area contributed by atoms with E-state index in [1.54, 1.807) is 0 Å². The van der Waals surface area contributed by atoms with Crippen molar-refractivity contribution in [2.24, 2.45) is 11.7 Å². The normalized spacial score (nSPS) is 21.9. The van der Waals surface area contributed by atoms with Gasteiger partial charge < -0.3 is 5.73 Å². The van der Waals surface area contributed by atoms with Gasteiger partial charge in [-0.05, 0) is 17.0 Å². The van der Waals surface area contributed by atoms with Crippen LogP contribution in [0.4, 0.5) is 0 Å². The summed E-state index contributed by atoms with van der Waals surface area (Å²) in [5, 5.41) is 3.25. The highest BCUT2D eigenvalue weighted by molar-refractivity contribution is 5.91. The molecule has 1 aliphatic rings. The number of Topliss-reactive ketones (excluding diaryl/α,β-unsaturated/α-hetero) is 1. The molecule has 2 rings (SSSR count). The fourth-order valence-electron chi connectivity index (χ4n) is 2.28. The molecule has 92 valence electrons. The third kappa shape index (κ3) is 2.26.